The van der Waals surface area contributed by atoms with E-state index < -0.39 is 99.8 Å². The van der Waals surface area contributed by atoms with Crippen LogP contribution in [-0.2, 0) is 0 Å². The van der Waals surface area contributed by atoms with Crippen molar-refractivity contribution in [2.24, 2.45) is 0 Å². The molecule has 0 aromatic carbocycles. The van der Waals surface area contributed by atoms with Crippen LogP contribution in [0.1, 0.15) is 38.5 Å². The summed E-state index contributed by atoms with van der Waals surface area (Å²) in [7, 11) is 0. The van der Waals surface area contributed by atoms with Crippen molar-refractivity contribution in [2.75, 3.05) is 13.3 Å². The number of hydrogen-bond acceptors (Lipinski definition) is 0. The van der Waals surface area contributed by atoms with Gasteiger partial charge in [0.1, 0.15) is 0 Å². The minimum atomic E-state index is -8.01. The first-order valence-corrected chi connectivity index (χ1v) is 8.88. The Morgan fingerprint density at radius 2 is 0.656 bits per heavy atom. The van der Waals surface area contributed by atoms with E-state index in [-0.39, 0.29) is 0 Å². The monoisotopic (exact) mass is 514 g/mol. The van der Waals surface area contributed by atoms with Gasteiger partial charge in [0.25, 0.3) is 0 Å². The van der Waals surface area contributed by atoms with Gasteiger partial charge in [-0.05, 0) is 38.5 Å². The number of unbranched alkanes of at least 4 members (excludes halogenated alkanes) is 2. The van der Waals surface area contributed by atoms with Crippen molar-refractivity contribution < 1.29 is 70.2 Å². The number of alkyl halides is 16. The maximum absolute atomic E-state index is 13.6. The molecular weight excluding hydrogens is 496 g/mol. The topological polar surface area (TPSA) is 0 Å². The molecule has 0 saturated carbocycles. The average molecular weight is 514 g/mol. The SMILES string of the molecule is FCCCCC(F)C(F)(F)C(F)(F)C(F)(F)C(F)(F)C(F)(F)C(F)(F)C(F)CCCCF. The first-order chi connectivity index (χ1) is 14.2. The first kappa shape index (κ1) is 30.9. The van der Waals surface area contributed by atoms with Gasteiger partial charge in [-0.1, -0.05) is 0 Å². The van der Waals surface area contributed by atoms with Crippen molar-refractivity contribution in [1.82, 2.24) is 0 Å². The zero-order valence-corrected chi connectivity index (χ0v) is 15.9. The third-order valence-electron chi connectivity index (χ3n) is 4.49. The molecular formula is C16H18F16. The van der Waals surface area contributed by atoms with Crippen LogP contribution in [0, 0.1) is 0 Å². The van der Waals surface area contributed by atoms with Gasteiger partial charge in [-0.25, -0.2) is 8.78 Å². The molecule has 0 amide bonds. The summed E-state index contributed by atoms with van der Waals surface area (Å²) in [5.74, 6) is -45.0. The molecule has 0 aliphatic heterocycles. The Balaban J connectivity index is 6.12. The normalized spacial score (nSPS) is 16.9. The van der Waals surface area contributed by atoms with E-state index in [1.165, 1.54) is 0 Å². The fraction of sp³-hybridized carbons (Fsp3) is 1.00. The summed E-state index contributed by atoms with van der Waals surface area (Å²) < 4.78 is 213. The predicted octanol–water partition coefficient (Wildman–Crippen LogP) is 7.75. The Bertz CT molecular complexity index is 522. The van der Waals surface area contributed by atoms with Crippen LogP contribution in [0.3, 0.4) is 0 Å². The number of hydrogen-bond donors (Lipinski definition) is 0. The molecule has 0 heterocycles. The highest BCUT2D eigenvalue weighted by Crippen LogP contribution is 2.61. The summed E-state index contributed by atoms with van der Waals surface area (Å²) in [6, 6.07) is 0. The zero-order valence-electron chi connectivity index (χ0n) is 15.9. The van der Waals surface area contributed by atoms with E-state index in [2.05, 4.69) is 0 Å². The average Bonchev–Trinajstić information content (AvgIpc) is 2.67. The van der Waals surface area contributed by atoms with Crippen LogP contribution in [0.25, 0.3) is 0 Å². The maximum atomic E-state index is 13.6. The lowest BCUT2D eigenvalue weighted by atomic mass is 9.87. The van der Waals surface area contributed by atoms with Crippen LogP contribution in [0.5, 0.6) is 0 Å². The largest absolute Gasteiger partial charge is 0.384 e. The molecule has 0 spiro atoms. The fourth-order valence-electron chi connectivity index (χ4n) is 2.41. The molecule has 0 fully saturated rings. The van der Waals surface area contributed by atoms with Crippen LogP contribution >= 0.6 is 0 Å². The Kier molecular flexibility index (Phi) is 10.1. The van der Waals surface area contributed by atoms with Gasteiger partial charge >= 0.3 is 35.5 Å². The molecule has 2 unspecified atom stereocenters. The minimum Gasteiger partial charge on any atom is -0.251 e. The van der Waals surface area contributed by atoms with Crippen molar-refractivity contribution in [2.45, 2.75) is 86.4 Å². The summed E-state index contributed by atoms with van der Waals surface area (Å²) in [6.07, 6.45) is -15.8. The highest BCUT2D eigenvalue weighted by atomic mass is 19.4. The smallest absolute Gasteiger partial charge is 0.251 e. The maximum Gasteiger partial charge on any atom is 0.384 e. The van der Waals surface area contributed by atoms with Crippen molar-refractivity contribution in [3.05, 3.63) is 0 Å². The Labute approximate surface area is 171 Å². The quantitative estimate of drug-likeness (QED) is 0.155. The van der Waals surface area contributed by atoms with E-state index in [0.29, 0.717) is 0 Å². The van der Waals surface area contributed by atoms with E-state index in [1.807, 2.05) is 0 Å². The van der Waals surface area contributed by atoms with Crippen LogP contribution in [-0.4, -0.2) is 61.2 Å². The van der Waals surface area contributed by atoms with Gasteiger partial charge < -0.3 is 0 Å². The summed E-state index contributed by atoms with van der Waals surface area (Å²) in [5, 5.41) is 0. The van der Waals surface area contributed by atoms with E-state index in [4.69, 9.17) is 0 Å². The van der Waals surface area contributed by atoms with Crippen molar-refractivity contribution in [3.63, 3.8) is 0 Å². The van der Waals surface area contributed by atoms with Gasteiger partial charge in [0.2, 0.25) is 0 Å². The summed E-state index contributed by atoms with van der Waals surface area (Å²) >= 11 is 0. The molecule has 0 nitrogen and oxygen atoms in total. The molecule has 32 heavy (non-hydrogen) atoms. The van der Waals surface area contributed by atoms with Crippen molar-refractivity contribution in [3.8, 4) is 0 Å². The van der Waals surface area contributed by atoms with E-state index in [0.717, 1.165) is 0 Å². The van der Waals surface area contributed by atoms with Crippen molar-refractivity contribution in [1.29, 1.82) is 0 Å². The first-order valence-electron chi connectivity index (χ1n) is 8.88. The van der Waals surface area contributed by atoms with E-state index in [1.54, 1.807) is 0 Å². The second kappa shape index (κ2) is 10.4. The molecule has 0 aliphatic rings. The van der Waals surface area contributed by atoms with E-state index in [9.17, 15) is 70.2 Å². The predicted molar refractivity (Wildman–Crippen MR) is 79.1 cm³/mol. The molecule has 0 bridgehead atoms. The molecule has 0 radical (unpaired) electrons. The standard InChI is InChI=1S/C16H18F16/c17-7-3-1-5-9(19)11(21,22)13(25,26)15(29,30)16(31,32)14(27,28)12(23,24)10(20)6-2-4-8-18/h9-10H,1-8H2. The van der Waals surface area contributed by atoms with Gasteiger partial charge in [0.15, 0.2) is 12.3 Å². The van der Waals surface area contributed by atoms with Gasteiger partial charge in [-0.2, -0.15) is 52.7 Å². The molecule has 0 N–H and O–H groups in total. The van der Waals surface area contributed by atoms with Crippen LogP contribution in [0.2, 0.25) is 0 Å². The van der Waals surface area contributed by atoms with Gasteiger partial charge in [-0.15, -0.1) is 0 Å². The lowest BCUT2D eigenvalue weighted by Gasteiger charge is -2.42. The molecule has 0 aromatic heterocycles. The molecule has 16 heteroatoms. The molecule has 0 saturated heterocycles. The van der Waals surface area contributed by atoms with Gasteiger partial charge in [0.05, 0.1) is 13.3 Å². The Morgan fingerprint density at radius 1 is 0.406 bits per heavy atom. The van der Waals surface area contributed by atoms with Crippen LogP contribution < -0.4 is 0 Å². The number of halogens is 16. The molecule has 194 valence electrons. The third-order valence-corrected chi connectivity index (χ3v) is 4.49. The lowest BCUT2D eigenvalue weighted by molar-refractivity contribution is -0.433. The second-order valence-electron chi connectivity index (χ2n) is 6.85. The Morgan fingerprint density at radius 3 is 0.875 bits per heavy atom. The highest BCUT2D eigenvalue weighted by Gasteiger charge is 2.91. The summed E-state index contributed by atoms with van der Waals surface area (Å²) in [4.78, 5) is 0. The molecule has 0 aromatic rings. The Hall–Kier alpha value is -1.12. The molecule has 0 aliphatic carbocycles. The summed E-state index contributed by atoms with van der Waals surface area (Å²) in [6.45, 7) is -2.58. The van der Waals surface area contributed by atoms with Gasteiger partial charge in [-0.3, -0.25) is 8.78 Å². The van der Waals surface area contributed by atoms with Gasteiger partial charge in [0, 0.05) is 0 Å². The molecule has 0 rings (SSSR count). The number of rotatable bonds is 15. The van der Waals surface area contributed by atoms with Crippen LogP contribution in [0.4, 0.5) is 70.2 Å². The highest BCUT2D eigenvalue weighted by molar-refractivity contribution is 5.13. The zero-order chi connectivity index (χ0) is 25.8. The van der Waals surface area contributed by atoms with Crippen LogP contribution in [0.15, 0.2) is 0 Å². The molecule has 2 atom stereocenters. The lowest BCUT2D eigenvalue weighted by Crippen LogP contribution is -2.72. The fourth-order valence-corrected chi connectivity index (χ4v) is 2.41. The minimum absolute atomic E-state index is 0.737. The summed E-state index contributed by atoms with van der Waals surface area (Å²) in [5.41, 5.74) is 0. The van der Waals surface area contributed by atoms with E-state index >= 15 is 0 Å². The van der Waals surface area contributed by atoms with Crippen molar-refractivity contribution >= 4 is 0 Å². The second-order valence-corrected chi connectivity index (χ2v) is 6.85. The third kappa shape index (κ3) is 5.17.